The predicted molar refractivity (Wildman–Crippen MR) is 66.1 cm³/mol. The number of nitrogens with two attached hydrogens (primary N) is 1. The highest BCUT2D eigenvalue weighted by molar-refractivity contribution is 5.94. The summed E-state index contributed by atoms with van der Waals surface area (Å²) >= 11 is 0. The summed E-state index contributed by atoms with van der Waals surface area (Å²) in [5, 5.41) is 10.7. The van der Waals surface area contributed by atoms with Crippen LogP contribution in [0, 0.1) is 13.8 Å². The maximum atomic E-state index is 11.2. The molecule has 0 saturated heterocycles. The first kappa shape index (κ1) is 14.5. The van der Waals surface area contributed by atoms with Crippen molar-refractivity contribution in [1.82, 2.24) is 5.32 Å². The van der Waals surface area contributed by atoms with Gasteiger partial charge in [-0.05, 0) is 37.1 Å². The summed E-state index contributed by atoms with van der Waals surface area (Å²) < 4.78 is 5.25. The molecule has 19 heavy (non-hydrogen) atoms. The van der Waals surface area contributed by atoms with Gasteiger partial charge < -0.3 is 15.6 Å². The number of hydrogen-bond acceptors (Lipinski definition) is 4. The van der Waals surface area contributed by atoms with E-state index in [0.717, 1.165) is 0 Å². The molecule has 0 bridgehead atoms. The molecule has 0 spiro atoms. The summed E-state index contributed by atoms with van der Waals surface area (Å²) in [4.78, 5) is 32.5. The molecule has 0 radical (unpaired) electrons. The van der Waals surface area contributed by atoms with Crippen LogP contribution in [0.25, 0.3) is 0 Å². The molecule has 0 aromatic heterocycles. The molecule has 0 unspecified atom stereocenters. The Hall–Kier alpha value is -2.57. The van der Waals surface area contributed by atoms with Gasteiger partial charge in [0, 0.05) is 0 Å². The number of benzene rings is 1. The fraction of sp³-hybridized carbons (Fsp3) is 0.250. The molecule has 0 aliphatic carbocycles. The third kappa shape index (κ3) is 3.98. The zero-order valence-corrected chi connectivity index (χ0v) is 10.5. The predicted octanol–water partition coefficient (Wildman–Crippen LogP) is 0.575. The molecule has 1 rings (SSSR count). The summed E-state index contributed by atoms with van der Waals surface area (Å²) in [6.45, 7) is 2.96. The number of aryl methyl sites for hydroxylation is 2. The molecule has 0 heterocycles. The molecule has 3 amide bonds. The van der Waals surface area contributed by atoms with Gasteiger partial charge in [-0.2, -0.15) is 0 Å². The lowest BCUT2D eigenvalue weighted by Crippen LogP contribution is -2.38. The SMILES string of the molecule is Cc1cc(C(=O)O)cc(C)c1OCC(=O)NC(N)=O. The Morgan fingerprint density at radius 1 is 1.26 bits per heavy atom. The third-order valence-corrected chi connectivity index (χ3v) is 2.32. The quantitative estimate of drug-likeness (QED) is 0.736. The highest BCUT2D eigenvalue weighted by atomic mass is 16.5. The first-order valence-electron chi connectivity index (χ1n) is 5.38. The van der Waals surface area contributed by atoms with Crippen LogP contribution in [0.5, 0.6) is 5.75 Å². The molecule has 0 fully saturated rings. The van der Waals surface area contributed by atoms with Crippen LogP contribution in [-0.4, -0.2) is 29.6 Å². The van der Waals surface area contributed by atoms with Crippen molar-refractivity contribution in [2.75, 3.05) is 6.61 Å². The van der Waals surface area contributed by atoms with Gasteiger partial charge in [0.2, 0.25) is 0 Å². The zero-order chi connectivity index (χ0) is 14.6. The number of primary amides is 1. The summed E-state index contributed by atoms with van der Waals surface area (Å²) in [5.41, 5.74) is 6.10. The van der Waals surface area contributed by atoms with Crippen LogP contribution >= 0.6 is 0 Å². The molecule has 0 atom stereocenters. The minimum atomic E-state index is -1.04. The van der Waals surface area contributed by atoms with Gasteiger partial charge in [-0.15, -0.1) is 0 Å². The van der Waals surface area contributed by atoms with Crippen molar-refractivity contribution in [2.24, 2.45) is 5.73 Å². The second-order valence-corrected chi connectivity index (χ2v) is 3.95. The number of imide groups is 1. The van der Waals surface area contributed by atoms with Crippen molar-refractivity contribution in [2.45, 2.75) is 13.8 Å². The van der Waals surface area contributed by atoms with Crippen molar-refractivity contribution in [3.8, 4) is 5.75 Å². The van der Waals surface area contributed by atoms with Gasteiger partial charge in [-0.3, -0.25) is 10.1 Å². The first-order chi connectivity index (χ1) is 8.81. The number of amides is 3. The number of carboxylic acid groups (broad SMARTS) is 1. The number of carbonyl (C=O) groups is 3. The normalized spacial score (nSPS) is 9.79. The van der Waals surface area contributed by atoms with Crippen molar-refractivity contribution in [3.63, 3.8) is 0 Å². The number of carbonyl (C=O) groups excluding carboxylic acids is 2. The Morgan fingerprint density at radius 3 is 2.21 bits per heavy atom. The Kier molecular flexibility index (Phi) is 4.46. The molecule has 1 aromatic rings. The number of carboxylic acids is 1. The Bertz CT molecular complexity index is 516. The highest BCUT2D eigenvalue weighted by Crippen LogP contribution is 2.24. The topological polar surface area (TPSA) is 119 Å². The largest absolute Gasteiger partial charge is 0.483 e. The van der Waals surface area contributed by atoms with Crippen molar-refractivity contribution >= 4 is 17.9 Å². The second kappa shape index (κ2) is 5.85. The van der Waals surface area contributed by atoms with Crippen LogP contribution in [-0.2, 0) is 4.79 Å². The average molecular weight is 266 g/mol. The van der Waals surface area contributed by atoms with Crippen LogP contribution in [0.1, 0.15) is 21.5 Å². The smallest absolute Gasteiger partial charge is 0.335 e. The number of hydrogen-bond donors (Lipinski definition) is 3. The van der Waals surface area contributed by atoms with E-state index in [0.29, 0.717) is 16.9 Å². The molecule has 102 valence electrons. The number of urea groups is 1. The minimum absolute atomic E-state index is 0.143. The molecule has 0 aliphatic rings. The maximum Gasteiger partial charge on any atom is 0.335 e. The fourth-order valence-electron chi connectivity index (χ4n) is 1.61. The molecular formula is C12H14N2O5. The van der Waals surface area contributed by atoms with E-state index in [4.69, 9.17) is 15.6 Å². The first-order valence-corrected chi connectivity index (χ1v) is 5.38. The summed E-state index contributed by atoms with van der Waals surface area (Å²) in [7, 11) is 0. The monoisotopic (exact) mass is 266 g/mol. The van der Waals surface area contributed by atoms with E-state index in [1.165, 1.54) is 12.1 Å². The van der Waals surface area contributed by atoms with E-state index in [2.05, 4.69) is 0 Å². The zero-order valence-electron chi connectivity index (χ0n) is 10.5. The van der Waals surface area contributed by atoms with Crippen molar-refractivity contribution < 1.29 is 24.2 Å². The Balaban J connectivity index is 2.82. The molecule has 0 saturated carbocycles. The number of rotatable bonds is 4. The van der Waals surface area contributed by atoms with E-state index in [-0.39, 0.29) is 12.2 Å². The molecule has 7 nitrogen and oxygen atoms in total. The lowest BCUT2D eigenvalue weighted by molar-refractivity contribution is -0.121. The van der Waals surface area contributed by atoms with Crippen LogP contribution in [0.4, 0.5) is 4.79 Å². The highest BCUT2D eigenvalue weighted by Gasteiger charge is 2.12. The van der Waals surface area contributed by atoms with Crippen LogP contribution < -0.4 is 15.8 Å². The van der Waals surface area contributed by atoms with Gasteiger partial charge in [-0.25, -0.2) is 9.59 Å². The lowest BCUT2D eigenvalue weighted by atomic mass is 10.1. The summed E-state index contributed by atoms with van der Waals surface area (Å²) in [6.07, 6.45) is 0. The van der Waals surface area contributed by atoms with E-state index in [9.17, 15) is 14.4 Å². The van der Waals surface area contributed by atoms with Crippen molar-refractivity contribution in [1.29, 1.82) is 0 Å². The standard InChI is InChI=1S/C12H14N2O5/c1-6-3-8(11(16)17)4-7(2)10(6)19-5-9(15)14-12(13)18/h3-4H,5H2,1-2H3,(H,16,17)(H3,13,14,15,18). The van der Waals surface area contributed by atoms with Crippen molar-refractivity contribution in [3.05, 3.63) is 28.8 Å². The second-order valence-electron chi connectivity index (χ2n) is 3.95. The fourth-order valence-corrected chi connectivity index (χ4v) is 1.61. The van der Waals surface area contributed by atoms with Gasteiger partial charge in [0.25, 0.3) is 5.91 Å². The van der Waals surface area contributed by atoms with Crippen LogP contribution in [0.15, 0.2) is 12.1 Å². The van der Waals surface area contributed by atoms with Gasteiger partial charge in [0.1, 0.15) is 5.75 Å². The van der Waals surface area contributed by atoms with E-state index >= 15 is 0 Å². The van der Waals surface area contributed by atoms with Gasteiger partial charge in [-0.1, -0.05) is 0 Å². The lowest BCUT2D eigenvalue weighted by Gasteiger charge is -2.12. The molecule has 7 heteroatoms. The number of aromatic carboxylic acids is 1. The van der Waals surface area contributed by atoms with Crippen LogP contribution in [0.3, 0.4) is 0 Å². The van der Waals surface area contributed by atoms with E-state index in [1.807, 2.05) is 5.32 Å². The average Bonchev–Trinajstić information content (AvgIpc) is 2.26. The third-order valence-electron chi connectivity index (χ3n) is 2.32. The summed E-state index contributed by atoms with van der Waals surface area (Å²) in [5.74, 6) is -1.30. The minimum Gasteiger partial charge on any atom is -0.483 e. The molecule has 0 aliphatic heterocycles. The number of ether oxygens (including phenoxy) is 1. The number of nitrogens with one attached hydrogen (secondary N) is 1. The Labute approximate surface area is 109 Å². The summed E-state index contributed by atoms with van der Waals surface area (Å²) in [6, 6.07) is 1.93. The van der Waals surface area contributed by atoms with Gasteiger partial charge in [0.15, 0.2) is 6.61 Å². The Morgan fingerprint density at radius 2 is 1.79 bits per heavy atom. The molecule has 4 N–H and O–H groups in total. The maximum absolute atomic E-state index is 11.2. The molecule has 1 aromatic carbocycles. The van der Waals surface area contributed by atoms with E-state index in [1.54, 1.807) is 13.8 Å². The van der Waals surface area contributed by atoms with Gasteiger partial charge in [0.05, 0.1) is 5.56 Å². The van der Waals surface area contributed by atoms with Crippen LogP contribution in [0.2, 0.25) is 0 Å². The van der Waals surface area contributed by atoms with Gasteiger partial charge >= 0.3 is 12.0 Å². The molecular weight excluding hydrogens is 252 g/mol. The van der Waals surface area contributed by atoms with E-state index < -0.39 is 17.9 Å².